The van der Waals surface area contributed by atoms with Crippen LogP contribution in [-0.2, 0) is 10.0 Å². The van der Waals surface area contributed by atoms with Gasteiger partial charge in [0.15, 0.2) is 5.75 Å². The van der Waals surface area contributed by atoms with Crippen molar-refractivity contribution in [2.75, 3.05) is 48.5 Å². The van der Waals surface area contributed by atoms with E-state index >= 15 is 0 Å². The molecule has 0 radical (unpaired) electrons. The van der Waals surface area contributed by atoms with Crippen LogP contribution in [0.2, 0.25) is 5.02 Å². The van der Waals surface area contributed by atoms with Gasteiger partial charge in [-0.05, 0) is 23.6 Å². The lowest BCUT2D eigenvalue weighted by atomic mass is 10.1. The Morgan fingerprint density at radius 2 is 1.65 bits per heavy atom. The van der Waals surface area contributed by atoms with Gasteiger partial charge in [0.05, 0.1) is 22.8 Å². The van der Waals surface area contributed by atoms with Crippen molar-refractivity contribution in [2.24, 2.45) is 0 Å². The van der Waals surface area contributed by atoms with Crippen molar-refractivity contribution in [2.45, 2.75) is 4.90 Å². The molecule has 2 aliphatic heterocycles. The summed E-state index contributed by atoms with van der Waals surface area (Å²) in [7, 11) is -3.80. The van der Waals surface area contributed by atoms with Gasteiger partial charge in [0, 0.05) is 36.6 Å². The van der Waals surface area contributed by atoms with E-state index in [0.29, 0.717) is 21.8 Å². The van der Waals surface area contributed by atoms with Crippen LogP contribution in [0.4, 0.5) is 11.4 Å². The molecule has 3 aromatic rings. The number of anilines is 2. The molecule has 31 heavy (non-hydrogen) atoms. The highest BCUT2D eigenvalue weighted by atomic mass is 35.5. The summed E-state index contributed by atoms with van der Waals surface area (Å²) in [6, 6.07) is 16.4. The van der Waals surface area contributed by atoms with Crippen LogP contribution < -0.4 is 19.3 Å². The third kappa shape index (κ3) is 3.91. The molecule has 0 aliphatic carbocycles. The lowest BCUT2D eigenvalue weighted by Crippen LogP contribution is -2.44. The summed E-state index contributed by atoms with van der Waals surface area (Å²) in [5.74, 6) is 0.580. The first-order valence-electron chi connectivity index (χ1n) is 9.98. The predicted molar refractivity (Wildman–Crippen MR) is 128 cm³/mol. The molecule has 2 aliphatic rings. The largest absolute Gasteiger partial charge is 0.487 e. The highest BCUT2D eigenvalue weighted by Crippen LogP contribution is 2.45. The average molecular weight is 480 g/mol. The highest BCUT2D eigenvalue weighted by Gasteiger charge is 2.34. The molecule has 0 aromatic heterocycles. The van der Waals surface area contributed by atoms with Gasteiger partial charge >= 0.3 is 0 Å². The Labute approximate surface area is 193 Å². The van der Waals surface area contributed by atoms with Gasteiger partial charge in [0.1, 0.15) is 6.61 Å². The Hall–Kier alpha value is -2.19. The standard InChI is InChI=1S/C22H22ClN3O3S.ClH/c23-17-14-19(25-10-8-24-9-11-25)22-20(15-17)26(12-13-29-22)30(27,28)21-7-3-5-16-4-1-2-6-18(16)21;/h1-7,14-15,24H,8-13H2;1H. The number of sulfonamides is 1. The fraction of sp³-hybridized carbons (Fsp3) is 0.273. The molecule has 164 valence electrons. The van der Waals surface area contributed by atoms with Crippen molar-refractivity contribution in [3.8, 4) is 5.75 Å². The molecule has 0 bridgehead atoms. The van der Waals surface area contributed by atoms with Crippen molar-refractivity contribution < 1.29 is 13.2 Å². The highest BCUT2D eigenvalue weighted by molar-refractivity contribution is 7.93. The van der Waals surface area contributed by atoms with Crippen molar-refractivity contribution >= 4 is 56.2 Å². The molecular formula is C22H23Cl2N3O3S. The topological polar surface area (TPSA) is 61.9 Å². The molecule has 0 amide bonds. The second-order valence-electron chi connectivity index (χ2n) is 7.41. The third-order valence-corrected chi connectivity index (χ3v) is 7.69. The Kier molecular flexibility index (Phi) is 6.21. The van der Waals surface area contributed by atoms with E-state index in [-0.39, 0.29) is 30.5 Å². The molecule has 0 atom stereocenters. The molecule has 1 saturated heterocycles. The van der Waals surface area contributed by atoms with Gasteiger partial charge in [0.25, 0.3) is 10.0 Å². The van der Waals surface area contributed by atoms with Gasteiger partial charge in [0.2, 0.25) is 0 Å². The van der Waals surface area contributed by atoms with Crippen LogP contribution in [0.1, 0.15) is 0 Å². The summed E-state index contributed by atoms with van der Waals surface area (Å²) in [6.45, 7) is 3.87. The van der Waals surface area contributed by atoms with Crippen molar-refractivity contribution in [3.63, 3.8) is 0 Å². The van der Waals surface area contributed by atoms with Gasteiger partial charge in [-0.15, -0.1) is 12.4 Å². The third-order valence-electron chi connectivity index (χ3n) is 5.60. The van der Waals surface area contributed by atoms with Gasteiger partial charge in [-0.25, -0.2) is 8.42 Å². The van der Waals surface area contributed by atoms with Crippen LogP contribution in [0, 0.1) is 0 Å². The molecule has 5 rings (SSSR count). The molecule has 0 spiro atoms. The minimum atomic E-state index is -3.80. The van der Waals surface area contributed by atoms with E-state index < -0.39 is 10.0 Å². The minimum Gasteiger partial charge on any atom is -0.487 e. The van der Waals surface area contributed by atoms with Gasteiger partial charge in [-0.1, -0.05) is 48.0 Å². The van der Waals surface area contributed by atoms with Crippen molar-refractivity contribution in [3.05, 3.63) is 59.6 Å². The van der Waals surface area contributed by atoms with Crippen LogP contribution in [-0.4, -0.2) is 47.7 Å². The first-order chi connectivity index (χ1) is 14.6. The predicted octanol–water partition coefficient (Wildman–Crippen LogP) is 3.91. The molecule has 9 heteroatoms. The van der Waals surface area contributed by atoms with E-state index in [2.05, 4.69) is 10.2 Å². The van der Waals surface area contributed by atoms with Crippen LogP contribution in [0.25, 0.3) is 10.8 Å². The number of benzene rings is 3. The number of fused-ring (bicyclic) bond motifs is 2. The Morgan fingerprint density at radius 3 is 2.45 bits per heavy atom. The zero-order valence-corrected chi connectivity index (χ0v) is 19.1. The van der Waals surface area contributed by atoms with E-state index in [0.717, 1.165) is 37.3 Å². The van der Waals surface area contributed by atoms with Gasteiger partial charge < -0.3 is 15.0 Å². The fourth-order valence-corrected chi connectivity index (χ4v) is 6.05. The van der Waals surface area contributed by atoms with Crippen molar-refractivity contribution in [1.29, 1.82) is 0 Å². The maximum Gasteiger partial charge on any atom is 0.265 e. The SMILES string of the molecule is Cl.O=S(=O)(c1cccc2ccccc12)N1CCOc2c(N3CCNCC3)cc(Cl)cc21. The molecule has 0 unspecified atom stereocenters. The number of hydrogen-bond donors (Lipinski definition) is 1. The summed E-state index contributed by atoms with van der Waals surface area (Å²) in [5.41, 5.74) is 1.34. The molecule has 1 N–H and O–H groups in total. The summed E-state index contributed by atoms with van der Waals surface area (Å²) >= 11 is 6.44. The van der Waals surface area contributed by atoms with E-state index in [9.17, 15) is 8.42 Å². The van der Waals surface area contributed by atoms with E-state index in [1.165, 1.54) is 4.31 Å². The molecule has 0 saturated carbocycles. The maximum absolute atomic E-state index is 13.8. The summed E-state index contributed by atoms with van der Waals surface area (Å²) in [6.07, 6.45) is 0. The smallest absolute Gasteiger partial charge is 0.265 e. The summed E-state index contributed by atoms with van der Waals surface area (Å²) < 4.78 is 35.0. The van der Waals surface area contributed by atoms with E-state index in [1.54, 1.807) is 18.2 Å². The monoisotopic (exact) mass is 479 g/mol. The van der Waals surface area contributed by atoms with Crippen LogP contribution in [0.3, 0.4) is 0 Å². The van der Waals surface area contributed by atoms with E-state index in [1.807, 2.05) is 36.4 Å². The molecule has 2 heterocycles. The number of nitrogens with one attached hydrogen (secondary N) is 1. The Balaban J connectivity index is 0.00000231. The molecular weight excluding hydrogens is 457 g/mol. The van der Waals surface area contributed by atoms with Gasteiger partial charge in [-0.2, -0.15) is 0 Å². The second kappa shape index (κ2) is 8.74. The number of halogens is 2. The molecule has 3 aromatic carbocycles. The second-order valence-corrected chi connectivity index (χ2v) is 9.68. The lowest BCUT2D eigenvalue weighted by molar-refractivity contribution is 0.315. The zero-order valence-electron chi connectivity index (χ0n) is 16.8. The van der Waals surface area contributed by atoms with Crippen molar-refractivity contribution in [1.82, 2.24) is 5.32 Å². The van der Waals surface area contributed by atoms with Crippen LogP contribution in [0.15, 0.2) is 59.5 Å². The fourth-order valence-electron chi connectivity index (χ4n) is 4.18. The first kappa shape index (κ1) is 22.0. The average Bonchev–Trinajstić information content (AvgIpc) is 2.78. The number of nitrogens with zero attached hydrogens (tertiary/aromatic N) is 2. The minimum absolute atomic E-state index is 0. The normalized spacial score (nSPS) is 16.4. The zero-order chi connectivity index (χ0) is 20.7. The Morgan fingerprint density at radius 1 is 0.935 bits per heavy atom. The maximum atomic E-state index is 13.8. The number of hydrogen-bond acceptors (Lipinski definition) is 5. The van der Waals surface area contributed by atoms with Crippen LogP contribution in [0.5, 0.6) is 5.75 Å². The first-order valence-corrected chi connectivity index (χ1v) is 11.8. The van der Waals surface area contributed by atoms with E-state index in [4.69, 9.17) is 16.3 Å². The molecule has 1 fully saturated rings. The Bertz CT molecular complexity index is 1210. The number of ether oxygens (including phenoxy) is 1. The molecule has 6 nitrogen and oxygen atoms in total. The summed E-state index contributed by atoms with van der Waals surface area (Å²) in [4.78, 5) is 2.48. The lowest BCUT2D eigenvalue weighted by Gasteiger charge is -2.36. The van der Waals surface area contributed by atoms with Gasteiger partial charge in [-0.3, -0.25) is 4.31 Å². The number of piperazine rings is 1. The number of rotatable bonds is 3. The quantitative estimate of drug-likeness (QED) is 0.616. The summed E-state index contributed by atoms with van der Waals surface area (Å²) in [5, 5.41) is 5.42. The van der Waals surface area contributed by atoms with Crippen LogP contribution >= 0.6 is 24.0 Å².